The zero-order valence-electron chi connectivity index (χ0n) is 9.84. The molecule has 17 heavy (non-hydrogen) atoms. The van der Waals surface area contributed by atoms with Gasteiger partial charge < -0.3 is 9.84 Å². The van der Waals surface area contributed by atoms with Crippen LogP contribution in [0.3, 0.4) is 0 Å². The van der Waals surface area contributed by atoms with Gasteiger partial charge in [0.1, 0.15) is 5.78 Å². The molecule has 1 saturated carbocycles. The molecule has 0 unspecified atom stereocenters. The molecule has 0 radical (unpaired) electrons. The molecule has 3 nitrogen and oxygen atoms in total. The minimum atomic E-state index is -0.645. The average Bonchev–Trinajstić information content (AvgIpc) is 2.77. The van der Waals surface area contributed by atoms with Gasteiger partial charge in [-0.1, -0.05) is 30.3 Å². The maximum absolute atomic E-state index is 11.4. The summed E-state index contributed by atoms with van der Waals surface area (Å²) in [7, 11) is 0. The van der Waals surface area contributed by atoms with Gasteiger partial charge in [0, 0.05) is 12.3 Å². The monoisotopic (exact) mass is 234 g/mol. The Morgan fingerprint density at radius 1 is 1.35 bits per heavy atom. The van der Waals surface area contributed by atoms with E-state index >= 15 is 0 Å². The largest absolute Gasteiger partial charge is 0.390 e. The van der Waals surface area contributed by atoms with Crippen molar-refractivity contribution in [3.63, 3.8) is 0 Å². The molecule has 3 heteroatoms. The molecule has 1 aromatic rings. The molecule has 0 heterocycles. The van der Waals surface area contributed by atoms with Crippen LogP contribution < -0.4 is 0 Å². The number of benzene rings is 1. The molecule has 2 rings (SSSR count). The first-order chi connectivity index (χ1) is 8.27. The molecule has 0 aliphatic heterocycles. The minimum absolute atomic E-state index is 0.181. The van der Waals surface area contributed by atoms with Crippen LogP contribution in [0, 0.1) is 5.92 Å². The molecule has 1 aliphatic carbocycles. The minimum Gasteiger partial charge on any atom is -0.390 e. The first-order valence-electron chi connectivity index (χ1n) is 6.10. The lowest BCUT2D eigenvalue weighted by Gasteiger charge is -2.16. The predicted octanol–water partition coefficient (Wildman–Crippen LogP) is 1.93. The molecule has 1 aliphatic rings. The quantitative estimate of drug-likeness (QED) is 0.846. The highest BCUT2D eigenvalue weighted by molar-refractivity contribution is 5.83. The summed E-state index contributed by atoms with van der Waals surface area (Å²) in [6, 6.07) is 9.82. The number of Topliss-reactive ketones (excluding diaryl/α,β-unsaturated/α-hetero) is 1. The van der Waals surface area contributed by atoms with Gasteiger partial charge in [-0.05, 0) is 18.4 Å². The zero-order chi connectivity index (χ0) is 12.1. The molecule has 0 bridgehead atoms. The Bertz CT molecular complexity index is 361. The molecular weight excluding hydrogens is 216 g/mol. The normalized spacial score (nSPS) is 21.7. The van der Waals surface area contributed by atoms with E-state index in [1.807, 2.05) is 30.3 Å². The molecular formula is C14H18O3. The second-order valence-corrected chi connectivity index (χ2v) is 4.53. The topological polar surface area (TPSA) is 46.5 Å². The number of carbonyl (C=O) groups is 1. The Morgan fingerprint density at radius 3 is 2.76 bits per heavy atom. The van der Waals surface area contributed by atoms with Crippen molar-refractivity contribution in [2.45, 2.75) is 32.0 Å². The van der Waals surface area contributed by atoms with Gasteiger partial charge in [0.2, 0.25) is 0 Å². The molecule has 0 spiro atoms. The van der Waals surface area contributed by atoms with E-state index in [-0.39, 0.29) is 18.3 Å². The standard InChI is InChI=1S/C14H18O3/c15-13-8-4-7-12(13)14(16)10-17-9-11-5-2-1-3-6-11/h1-3,5-6,12,14,16H,4,7-10H2/t12-,14-/m1/s1. The third-order valence-corrected chi connectivity index (χ3v) is 3.22. The maximum atomic E-state index is 11.4. The Balaban J connectivity index is 1.73. The number of ketones is 1. The van der Waals surface area contributed by atoms with E-state index in [0.29, 0.717) is 13.0 Å². The second kappa shape index (κ2) is 5.94. The number of hydrogen-bond acceptors (Lipinski definition) is 3. The fourth-order valence-corrected chi connectivity index (χ4v) is 2.24. The summed E-state index contributed by atoms with van der Waals surface area (Å²) in [5.41, 5.74) is 1.08. The lowest BCUT2D eigenvalue weighted by Crippen LogP contribution is -2.28. The van der Waals surface area contributed by atoms with Crippen LogP contribution in [0.5, 0.6) is 0 Å². The lowest BCUT2D eigenvalue weighted by atomic mass is 10.0. The van der Waals surface area contributed by atoms with Crippen LogP contribution in [0.1, 0.15) is 24.8 Å². The van der Waals surface area contributed by atoms with Gasteiger partial charge in [-0.3, -0.25) is 4.79 Å². The molecule has 1 N–H and O–H groups in total. The molecule has 0 amide bonds. The van der Waals surface area contributed by atoms with Crippen LogP contribution in [-0.2, 0) is 16.1 Å². The Labute approximate surface area is 101 Å². The van der Waals surface area contributed by atoms with E-state index in [1.54, 1.807) is 0 Å². The van der Waals surface area contributed by atoms with E-state index in [0.717, 1.165) is 18.4 Å². The van der Waals surface area contributed by atoms with E-state index < -0.39 is 6.10 Å². The highest BCUT2D eigenvalue weighted by atomic mass is 16.5. The number of rotatable bonds is 5. The number of aliphatic hydroxyl groups excluding tert-OH is 1. The van der Waals surface area contributed by atoms with E-state index in [2.05, 4.69) is 0 Å². The van der Waals surface area contributed by atoms with Crippen molar-refractivity contribution >= 4 is 5.78 Å². The fourth-order valence-electron chi connectivity index (χ4n) is 2.24. The first-order valence-corrected chi connectivity index (χ1v) is 6.10. The zero-order valence-corrected chi connectivity index (χ0v) is 9.84. The van der Waals surface area contributed by atoms with E-state index in [4.69, 9.17) is 4.74 Å². The van der Waals surface area contributed by atoms with Crippen molar-refractivity contribution in [1.29, 1.82) is 0 Å². The molecule has 92 valence electrons. The van der Waals surface area contributed by atoms with E-state index in [1.165, 1.54) is 0 Å². The van der Waals surface area contributed by atoms with Gasteiger partial charge in [-0.25, -0.2) is 0 Å². The summed E-state index contributed by atoms with van der Waals surface area (Å²) in [5, 5.41) is 9.85. The maximum Gasteiger partial charge on any atom is 0.138 e. The summed E-state index contributed by atoms with van der Waals surface area (Å²) in [4.78, 5) is 11.4. The van der Waals surface area contributed by atoms with E-state index in [9.17, 15) is 9.90 Å². The summed E-state index contributed by atoms with van der Waals surface area (Å²) >= 11 is 0. The summed E-state index contributed by atoms with van der Waals surface area (Å²) in [6.45, 7) is 0.726. The number of aliphatic hydroxyl groups is 1. The van der Waals surface area contributed by atoms with Crippen molar-refractivity contribution in [3.8, 4) is 0 Å². The Morgan fingerprint density at radius 2 is 2.12 bits per heavy atom. The molecule has 0 aromatic heterocycles. The molecule has 1 aromatic carbocycles. The van der Waals surface area contributed by atoms with Gasteiger partial charge in [-0.2, -0.15) is 0 Å². The smallest absolute Gasteiger partial charge is 0.138 e. The Hall–Kier alpha value is -1.19. The third-order valence-electron chi connectivity index (χ3n) is 3.22. The van der Waals surface area contributed by atoms with Crippen LogP contribution >= 0.6 is 0 Å². The fraction of sp³-hybridized carbons (Fsp3) is 0.500. The summed E-state index contributed by atoms with van der Waals surface area (Å²) in [5.74, 6) is -0.0217. The second-order valence-electron chi connectivity index (χ2n) is 4.53. The van der Waals surface area contributed by atoms with Crippen molar-refractivity contribution in [2.24, 2.45) is 5.92 Å². The number of carbonyl (C=O) groups excluding carboxylic acids is 1. The van der Waals surface area contributed by atoms with Gasteiger partial charge in [0.25, 0.3) is 0 Å². The van der Waals surface area contributed by atoms with Crippen molar-refractivity contribution in [2.75, 3.05) is 6.61 Å². The predicted molar refractivity (Wildman–Crippen MR) is 64.5 cm³/mol. The van der Waals surface area contributed by atoms with Gasteiger partial charge in [0.05, 0.1) is 19.3 Å². The van der Waals surface area contributed by atoms with Crippen molar-refractivity contribution in [3.05, 3.63) is 35.9 Å². The molecule has 1 fully saturated rings. The highest BCUT2D eigenvalue weighted by Crippen LogP contribution is 2.24. The molecule has 2 atom stereocenters. The first kappa shape index (κ1) is 12.3. The summed E-state index contributed by atoms with van der Waals surface area (Å²) < 4.78 is 5.44. The molecule has 0 saturated heterocycles. The van der Waals surface area contributed by atoms with Gasteiger partial charge in [-0.15, -0.1) is 0 Å². The number of ether oxygens (including phenoxy) is 1. The van der Waals surface area contributed by atoms with Crippen molar-refractivity contribution in [1.82, 2.24) is 0 Å². The number of hydrogen-bond donors (Lipinski definition) is 1. The van der Waals surface area contributed by atoms with Crippen LogP contribution in [-0.4, -0.2) is 23.6 Å². The lowest BCUT2D eigenvalue weighted by molar-refractivity contribution is -0.125. The van der Waals surface area contributed by atoms with Crippen molar-refractivity contribution < 1.29 is 14.6 Å². The van der Waals surface area contributed by atoms with Crippen LogP contribution in [0.2, 0.25) is 0 Å². The third kappa shape index (κ3) is 3.38. The summed E-state index contributed by atoms with van der Waals surface area (Å²) in [6.07, 6.45) is 1.67. The Kier molecular flexibility index (Phi) is 4.29. The highest BCUT2D eigenvalue weighted by Gasteiger charge is 2.30. The van der Waals surface area contributed by atoms with Crippen LogP contribution in [0.25, 0.3) is 0 Å². The van der Waals surface area contributed by atoms with Crippen LogP contribution in [0.15, 0.2) is 30.3 Å². The average molecular weight is 234 g/mol. The van der Waals surface area contributed by atoms with Gasteiger partial charge >= 0.3 is 0 Å². The van der Waals surface area contributed by atoms with Crippen LogP contribution in [0.4, 0.5) is 0 Å². The SMILES string of the molecule is O=C1CCC[C@H]1[C@H](O)COCc1ccccc1. The van der Waals surface area contributed by atoms with Gasteiger partial charge in [0.15, 0.2) is 0 Å².